The maximum Gasteiger partial charge on any atom is 0.338 e. The van der Waals surface area contributed by atoms with E-state index < -0.39 is 21.9 Å². The molecule has 33 heavy (non-hydrogen) atoms. The molecule has 0 aliphatic carbocycles. The van der Waals surface area contributed by atoms with E-state index in [9.17, 15) is 18.0 Å². The highest BCUT2D eigenvalue weighted by molar-refractivity contribution is 7.92. The summed E-state index contributed by atoms with van der Waals surface area (Å²) >= 11 is 6.16. The van der Waals surface area contributed by atoms with Crippen LogP contribution in [0.2, 0.25) is 5.02 Å². The number of rotatable bonds is 9. The van der Waals surface area contributed by atoms with E-state index in [2.05, 4.69) is 10.0 Å². The molecule has 0 aliphatic heterocycles. The molecular weight excluding hydrogens is 468 g/mol. The third-order valence-electron chi connectivity index (χ3n) is 4.28. The van der Waals surface area contributed by atoms with Crippen LogP contribution < -0.4 is 14.8 Å². The molecule has 1 amide bonds. The summed E-state index contributed by atoms with van der Waals surface area (Å²) in [6.07, 6.45) is 0. The van der Waals surface area contributed by atoms with E-state index in [4.69, 9.17) is 21.1 Å². The molecule has 0 aromatic heterocycles. The highest BCUT2D eigenvalue weighted by Crippen LogP contribution is 2.28. The fourth-order valence-electron chi connectivity index (χ4n) is 2.73. The van der Waals surface area contributed by atoms with Crippen molar-refractivity contribution in [2.45, 2.75) is 11.8 Å². The van der Waals surface area contributed by atoms with Crippen LogP contribution in [0.15, 0.2) is 77.7 Å². The summed E-state index contributed by atoms with van der Waals surface area (Å²) in [6.45, 7) is 1.63. The van der Waals surface area contributed by atoms with Gasteiger partial charge in [-0.25, -0.2) is 13.2 Å². The van der Waals surface area contributed by atoms with Crippen molar-refractivity contribution in [3.8, 4) is 5.75 Å². The molecular formula is C23H21ClN2O6S. The Labute approximate surface area is 196 Å². The molecule has 8 nitrogen and oxygen atoms in total. The van der Waals surface area contributed by atoms with Crippen LogP contribution in [0.25, 0.3) is 0 Å². The van der Waals surface area contributed by atoms with E-state index in [-0.39, 0.29) is 28.9 Å². The average molecular weight is 489 g/mol. The summed E-state index contributed by atoms with van der Waals surface area (Å²) in [7, 11) is -3.84. The van der Waals surface area contributed by atoms with E-state index in [0.717, 1.165) is 0 Å². The Kier molecular flexibility index (Phi) is 7.92. The summed E-state index contributed by atoms with van der Waals surface area (Å²) in [5.74, 6) is -0.752. The standard InChI is InChI=1S/C23H21ClN2O6S/c1-2-31-23(28)16-8-10-17(11-9-16)25-22(27)15-32-21-13-12-19(14-20(21)24)33(29,30)26-18-6-4-3-5-7-18/h3-14,26H,2,15H2,1H3,(H,25,27). The minimum atomic E-state index is -3.84. The predicted molar refractivity (Wildman–Crippen MR) is 125 cm³/mol. The van der Waals surface area contributed by atoms with Crippen LogP contribution in [0.4, 0.5) is 11.4 Å². The number of anilines is 2. The van der Waals surface area contributed by atoms with Crippen molar-refractivity contribution in [1.82, 2.24) is 0 Å². The molecule has 0 unspecified atom stereocenters. The van der Waals surface area contributed by atoms with Crippen LogP contribution in [0.3, 0.4) is 0 Å². The van der Waals surface area contributed by atoms with Gasteiger partial charge in [0, 0.05) is 11.4 Å². The number of halogens is 1. The lowest BCUT2D eigenvalue weighted by Crippen LogP contribution is -2.20. The second-order valence-electron chi connectivity index (χ2n) is 6.70. The third-order valence-corrected chi connectivity index (χ3v) is 5.95. The lowest BCUT2D eigenvalue weighted by atomic mass is 10.2. The maximum atomic E-state index is 12.5. The van der Waals surface area contributed by atoms with E-state index >= 15 is 0 Å². The fourth-order valence-corrected chi connectivity index (χ4v) is 4.11. The van der Waals surface area contributed by atoms with Gasteiger partial charge in [-0.3, -0.25) is 9.52 Å². The monoisotopic (exact) mass is 488 g/mol. The van der Waals surface area contributed by atoms with E-state index in [1.54, 1.807) is 49.4 Å². The molecule has 172 valence electrons. The van der Waals surface area contributed by atoms with Crippen molar-refractivity contribution in [2.75, 3.05) is 23.3 Å². The Bertz CT molecular complexity index is 1230. The van der Waals surface area contributed by atoms with Crippen molar-refractivity contribution in [3.05, 3.63) is 83.4 Å². The smallest absolute Gasteiger partial charge is 0.338 e. The highest BCUT2D eigenvalue weighted by atomic mass is 35.5. The van der Waals surface area contributed by atoms with Crippen LogP contribution in [0, 0.1) is 0 Å². The first kappa shape index (κ1) is 24.1. The predicted octanol–water partition coefficient (Wildman–Crippen LogP) is 4.34. The zero-order chi connectivity index (χ0) is 23.8. The topological polar surface area (TPSA) is 111 Å². The van der Waals surface area contributed by atoms with Crippen LogP contribution in [-0.2, 0) is 19.6 Å². The van der Waals surface area contributed by atoms with Crippen molar-refractivity contribution in [1.29, 1.82) is 0 Å². The zero-order valence-corrected chi connectivity index (χ0v) is 19.2. The molecule has 10 heteroatoms. The molecule has 3 aromatic rings. The molecule has 3 rings (SSSR count). The minimum absolute atomic E-state index is 0.0394. The molecule has 2 N–H and O–H groups in total. The number of sulfonamides is 1. The second-order valence-corrected chi connectivity index (χ2v) is 8.79. The molecule has 0 saturated heterocycles. The lowest BCUT2D eigenvalue weighted by Gasteiger charge is -2.12. The number of carbonyl (C=O) groups excluding carboxylic acids is 2. The first-order valence-electron chi connectivity index (χ1n) is 9.86. The van der Waals surface area contributed by atoms with Gasteiger partial charge in [-0.15, -0.1) is 0 Å². The van der Waals surface area contributed by atoms with E-state index in [1.807, 2.05) is 0 Å². The summed E-state index contributed by atoms with van der Waals surface area (Å²) in [4.78, 5) is 23.8. The van der Waals surface area contributed by atoms with Gasteiger partial charge in [-0.1, -0.05) is 29.8 Å². The number of nitrogens with one attached hydrogen (secondary N) is 2. The number of ether oxygens (including phenoxy) is 2. The van der Waals surface area contributed by atoms with Gasteiger partial charge in [0.15, 0.2) is 6.61 Å². The molecule has 0 fully saturated rings. The quantitative estimate of drug-likeness (QED) is 0.433. The van der Waals surface area contributed by atoms with Gasteiger partial charge >= 0.3 is 5.97 Å². The zero-order valence-electron chi connectivity index (χ0n) is 17.6. The number of carbonyl (C=O) groups is 2. The van der Waals surface area contributed by atoms with Crippen molar-refractivity contribution < 1.29 is 27.5 Å². The lowest BCUT2D eigenvalue weighted by molar-refractivity contribution is -0.118. The van der Waals surface area contributed by atoms with Gasteiger partial charge < -0.3 is 14.8 Å². The summed E-state index contributed by atoms with van der Waals surface area (Å²) in [6, 6.07) is 18.6. The van der Waals surface area contributed by atoms with Gasteiger partial charge in [0.2, 0.25) is 0 Å². The molecule has 0 spiro atoms. The average Bonchev–Trinajstić information content (AvgIpc) is 2.79. The Morgan fingerprint density at radius 2 is 1.64 bits per heavy atom. The first-order chi connectivity index (χ1) is 15.8. The van der Waals surface area contributed by atoms with Gasteiger partial charge in [0.1, 0.15) is 5.75 Å². The Hall–Kier alpha value is -3.56. The van der Waals surface area contributed by atoms with Crippen LogP contribution in [0.1, 0.15) is 17.3 Å². The number of para-hydroxylation sites is 1. The fraction of sp³-hybridized carbons (Fsp3) is 0.130. The van der Waals surface area contributed by atoms with Crippen molar-refractivity contribution in [2.24, 2.45) is 0 Å². The van der Waals surface area contributed by atoms with Crippen LogP contribution >= 0.6 is 11.6 Å². The molecule has 0 radical (unpaired) electrons. The van der Waals surface area contributed by atoms with Gasteiger partial charge in [0.25, 0.3) is 15.9 Å². The number of esters is 1. The van der Waals surface area contributed by atoms with Crippen molar-refractivity contribution >= 4 is 44.9 Å². The van der Waals surface area contributed by atoms with E-state index in [0.29, 0.717) is 16.9 Å². The van der Waals surface area contributed by atoms with E-state index in [1.165, 1.54) is 30.3 Å². The Morgan fingerprint density at radius 3 is 2.27 bits per heavy atom. The molecule has 0 atom stereocenters. The third kappa shape index (κ3) is 6.71. The Morgan fingerprint density at radius 1 is 0.939 bits per heavy atom. The maximum absolute atomic E-state index is 12.5. The minimum Gasteiger partial charge on any atom is -0.482 e. The van der Waals surface area contributed by atoms with Gasteiger partial charge in [-0.2, -0.15) is 0 Å². The Balaban J connectivity index is 1.58. The van der Waals surface area contributed by atoms with Crippen LogP contribution in [-0.4, -0.2) is 33.5 Å². The number of hydrogen-bond acceptors (Lipinski definition) is 6. The van der Waals surface area contributed by atoms with Crippen molar-refractivity contribution in [3.63, 3.8) is 0 Å². The van der Waals surface area contributed by atoms with Gasteiger partial charge in [0.05, 0.1) is 22.1 Å². The summed E-state index contributed by atoms with van der Waals surface area (Å²) in [5, 5.41) is 2.67. The number of hydrogen-bond donors (Lipinski definition) is 2. The van der Waals surface area contributed by atoms with Crippen LogP contribution in [0.5, 0.6) is 5.75 Å². The molecule has 0 saturated carbocycles. The molecule has 3 aromatic carbocycles. The highest BCUT2D eigenvalue weighted by Gasteiger charge is 2.17. The largest absolute Gasteiger partial charge is 0.482 e. The number of amides is 1. The molecule has 0 heterocycles. The normalized spacial score (nSPS) is 10.8. The van der Waals surface area contributed by atoms with Gasteiger partial charge in [-0.05, 0) is 61.5 Å². The second kappa shape index (κ2) is 10.8. The first-order valence-corrected chi connectivity index (χ1v) is 11.7. The molecule has 0 bridgehead atoms. The summed E-state index contributed by atoms with van der Waals surface area (Å²) < 4.78 is 37.8. The molecule has 0 aliphatic rings. The SMILES string of the molecule is CCOC(=O)c1ccc(NC(=O)COc2ccc(S(=O)(=O)Nc3ccccc3)cc2Cl)cc1. The number of benzene rings is 3. The summed E-state index contributed by atoms with van der Waals surface area (Å²) in [5.41, 5.74) is 1.26.